The van der Waals surface area contributed by atoms with Crippen molar-refractivity contribution in [1.29, 1.82) is 0 Å². The molecule has 0 heterocycles. The molecule has 2 unspecified atom stereocenters. The third-order valence-electron chi connectivity index (χ3n) is 9.26. The Hall–Kier alpha value is -6.37. The van der Waals surface area contributed by atoms with Crippen molar-refractivity contribution in [2.45, 2.75) is 60.9 Å². The highest BCUT2D eigenvalue weighted by molar-refractivity contribution is 5.98. The van der Waals surface area contributed by atoms with E-state index in [1.807, 2.05) is 25.4 Å². The molecule has 0 fully saturated rings. The van der Waals surface area contributed by atoms with Gasteiger partial charge < -0.3 is 52.4 Å². The first-order chi connectivity index (χ1) is 29.9. The van der Waals surface area contributed by atoms with Gasteiger partial charge in [-0.1, -0.05) is 57.5 Å². The molecular formula is C45H64N8O10. The molecule has 0 saturated heterocycles. The lowest BCUT2D eigenvalue weighted by Gasteiger charge is -2.29. The SMILES string of the molecule is CC(=O)ONC(=O)CNC(=O)C(C)Cc1ccc(OCCN)c(-c2cc(C(C(=O)NCC(=O)C(C)C)N(C)C(=O)CNC(=O)c3ccc(C)cc3C)ccc2OCCN)c1.CCN. The maximum absolute atomic E-state index is 14.1. The quantitative estimate of drug-likeness (QED) is 0.0753. The molecule has 344 valence electrons. The van der Waals surface area contributed by atoms with Crippen LogP contribution in [0.1, 0.15) is 73.3 Å². The van der Waals surface area contributed by atoms with Gasteiger partial charge in [-0.15, -0.1) is 0 Å². The van der Waals surface area contributed by atoms with Crippen LogP contribution in [0.25, 0.3) is 11.1 Å². The summed E-state index contributed by atoms with van der Waals surface area (Å²) in [5.41, 5.74) is 22.5. The maximum Gasteiger partial charge on any atom is 0.329 e. The Bertz CT molecular complexity index is 2060. The highest BCUT2D eigenvalue weighted by Gasteiger charge is 2.31. The van der Waals surface area contributed by atoms with Crippen molar-refractivity contribution in [1.82, 2.24) is 26.3 Å². The number of amides is 5. The zero-order chi connectivity index (χ0) is 47.2. The van der Waals surface area contributed by atoms with Gasteiger partial charge in [0.05, 0.1) is 19.6 Å². The van der Waals surface area contributed by atoms with Crippen LogP contribution < -0.4 is 48.1 Å². The molecule has 0 aliphatic heterocycles. The van der Waals surface area contributed by atoms with E-state index in [-0.39, 0.29) is 51.0 Å². The van der Waals surface area contributed by atoms with Gasteiger partial charge in [-0.3, -0.25) is 33.6 Å². The van der Waals surface area contributed by atoms with Crippen LogP contribution in [0, 0.1) is 25.7 Å². The van der Waals surface area contributed by atoms with Gasteiger partial charge in [0.25, 0.3) is 11.8 Å². The van der Waals surface area contributed by atoms with Crippen molar-refractivity contribution in [2.24, 2.45) is 29.0 Å². The second-order valence-corrected chi connectivity index (χ2v) is 15.0. The fraction of sp³-hybridized carbons (Fsp3) is 0.444. The van der Waals surface area contributed by atoms with Crippen molar-refractivity contribution in [3.05, 3.63) is 82.4 Å². The summed E-state index contributed by atoms with van der Waals surface area (Å²) in [5, 5.41) is 7.86. The molecule has 5 amide bonds. The number of hydrogen-bond donors (Lipinski definition) is 7. The zero-order valence-corrected chi connectivity index (χ0v) is 37.6. The lowest BCUT2D eigenvalue weighted by Crippen LogP contribution is -2.46. The minimum Gasteiger partial charge on any atom is -0.492 e. The number of aryl methyl sites for hydroxylation is 2. The van der Waals surface area contributed by atoms with Gasteiger partial charge in [0, 0.05) is 55.6 Å². The van der Waals surface area contributed by atoms with Crippen molar-refractivity contribution in [2.75, 3.05) is 59.5 Å². The normalized spacial score (nSPS) is 11.5. The van der Waals surface area contributed by atoms with Gasteiger partial charge in [0.1, 0.15) is 30.8 Å². The molecule has 63 heavy (non-hydrogen) atoms. The largest absolute Gasteiger partial charge is 0.492 e. The summed E-state index contributed by atoms with van der Waals surface area (Å²) in [6, 6.07) is 14.3. The standard InChI is InChI=1S/C43H57N7O10.C2H7N/c1-25(2)35(52)22-46-43(57)40(50(7)39(54)24-48-42(56)32-11-8-26(3)18-27(32)4)31-10-13-37(59-17-15-45)34(21-31)33-20-30(9-12-36(33)58-16-14-44)19-28(5)41(55)47-23-38(53)49-60-29(6)51;1-2-3/h8-13,18,20-21,25,28,40H,14-17,19,22-24,44-45H2,1-7H3,(H,46,57)(H,47,55)(H,48,56)(H,49,53);2-3H2,1H3. The third-order valence-corrected chi connectivity index (χ3v) is 9.26. The molecule has 0 aliphatic rings. The molecule has 10 N–H and O–H groups in total. The molecule has 2 atom stereocenters. The summed E-state index contributed by atoms with van der Waals surface area (Å²) in [7, 11) is 1.43. The van der Waals surface area contributed by atoms with Crippen LogP contribution in [0.5, 0.6) is 11.5 Å². The molecule has 0 spiro atoms. The zero-order valence-electron chi connectivity index (χ0n) is 37.6. The maximum atomic E-state index is 14.1. The fourth-order valence-electron chi connectivity index (χ4n) is 6.00. The summed E-state index contributed by atoms with van der Waals surface area (Å²) in [5.74, 6) is -3.96. The van der Waals surface area contributed by atoms with Gasteiger partial charge >= 0.3 is 5.97 Å². The summed E-state index contributed by atoms with van der Waals surface area (Å²) in [4.78, 5) is 95.1. The van der Waals surface area contributed by atoms with Gasteiger partial charge in [-0.2, -0.15) is 5.48 Å². The van der Waals surface area contributed by atoms with Gasteiger partial charge in [0.15, 0.2) is 5.78 Å². The molecule has 3 aromatic carbocycles. The number of hydrogen-bond acceptors (Lipinski definition) is 13. The lowest BCUT2D eigenvalue weighted by atomic mass is 9.93. The summed E-state index contributed by atoms with van der Waals surface area (Å²) in [6.45, 7) is 12.1. The summed E-state index contributed by atoms with van der Waals surface area (Å²) in [6.07, 6.45) is 0.222. The number of carbonyl (C=O) groups excluding carboxylic acids is 7. The number of rotatable bonds is 21. The van der Waals surface area contributed by atoms with Gasteiger partial charge in [-0.05, 0) is 73.8 Å². The van der Waals surface area contributed by atoms with Crippen molar-refractivity contribution < 1.29 is 47.9 Å². The van der Waals surface area contributed by atoms with Crippen molar-refractivity contribution in [3.63, 3.8) is 0 Å². The first-order valence-corrected chi connectivity index (χ1v) is 20.7. The summed E-state index contributed by atoms with van der Waals surface area (Å²) >= 11 is 0. The van der Waals surface area contributed by atoms with Gasteiger partial charge in [0.2, 0.25) is 17.7 Å². The average molecular weight is 877 g/mol. The second-order valence-electron chi connectivity index (χ2n) is 15.0. The average Bonchev–Trinajstić information content (AvgIpc) is 3.24. The number of benzene rings is 3. The van der Waals surface area contributed by atoms with Crippen LogP contribution in [0.15, 0.2) is 54.6 Å². The van der Waals surface area contributed by atoms with E-state index in [4.69, 9.17) is 26.7 Å². The highest BCUT2D eigenvalue weighted by Crippen LogP contribution is 2.40. The number of nitrogens with two attached hydrogens (primary N) is 3. The highest BCUT2D eigenvalue weighted by atomic mass is 16.7. The first kappa shape index (κ1) is 52.8. The molecule has 0 radical (unpaired) electrons. The minimum absolute atomic E-state index is 0.132. The number of carbonyl (C=O) groups is 7. The van der Waals surface area contributed by atoms with Crippen LogP contribution in [0.3, 0.4) is 0 Å². The number of Topliss-reactive ketones (excluding diaryl/α,β-unsaturated/α-hetero) is 1. The van der Waals surface area contributed by atoms with Crippen molar-refractivity contribution in [3.8, 4) is 22.6 Å². The van der Waals surface area contributed by atoms with Crippen LogP contribution in [-0.2, 0) is 40.0 Å². The van der Waals surface area contributed by atoms with Crippen LogP contribution in [0.4, 0.5) is 0 Å². The number of ether oxygens (including phenoxy) is 2. The minimum atomic E-state index is -1.28. The number of ketones is 1. The molecule has 0 aromatic heterocycles. The smallest absolute Gasteiger partial charge is 0.329 e. The van der Waals surface area contributed by atoms with Crippen LogP contribution in [-0.4, -0.2) is 106 Å². The van der Waals surface area contributed by atoms with E-state index in [1.165, 1.54) is 11.9 Å². The number of hydroxylamine groups is 1. The predicted molar refractivity (Wildman–Crippen MR) is 238 cm³/mol. The van der Waals surface area contributed by atoms with E-state index >= 15 is 0 Å². The Morgan fingerprint density at radius 1 is 0.730 bits per heavy atom. The Labute approximate surface area is 369 Å². The number of likely N-dealkylation sites (N-methyl/N-ethyl adjacent to an activating group) is 1. The Morgan fingerprint density at radius 2 is 1.32 bits per heavy atom. The molecule has 0 bridgehead atoms. The molecule has 3 aromatic rings. The van der Waals surface area contributed by atoms with E-state index in [0.717, 1.165) is 24.6 Å². The fourth-order valence-corrected chi connectivity index (χ4v) is 6.00. The van der Waals surface area contributed by atoms with Crippen LogP contribution in [0.2, 0.25) is 0 Å². The Kier molecular flexibility index (Phi) is 22.5. The topological polar surface area (TPSA) is 277 Å². The first-order valence-electron chi connectivity index (χ1n) is 20.7. The number of nitrogens with one attached hydrogen (secondary N) is 4. The molecule has 18 nitrogen and oxygen atoms in total. The molecule has 18 heteroatoms. The molecule has 3 rings (SSSR count). The van der Waals surface area contributed by atoms with E-state index in [9.17, 15) is 33.6 Å². The molecule has 0 saturated carbocycles. The number of nitrogens with zero attached hydrogens (tertiary/aromatic N) is 1. The third kappa shape index (κ3) is 17.1. The summed E-state index contributed by atoms with van der Waals surface area (Å²) < 4.78 is 12.1. The molecular weight excluding hydrogens is 813 g/mol. The van der Waals surface area contributed by atoms with Crippen molar-refractivity contribution >= 4 is 41.3 Å². The van der Waals surface area contributed by atoms with E-state index in [0.29, 0.717) is 39.3 Å². The second kappa shape index (κ2) is 26.9. The van der Waals surface area contributed by atoms with E-state index < -0.39 is 60.6 Å². The Morgan fingerprint density at radius 3 is 1.89 bits per heavy atom. The monoisotopic (exact) mass is 876 g/mol. The van der Waals surface area contributed by atoms with E-state index in [1.54, 1.807) is 76.2 Å². The van der Waals surface area contributed by atoms with Gasteiger partial charge in [-0.25, -0.2) is 0 Å². The Balaban J connectivity index is 0.00000442. The molecule has 0 aliphatic carbocycles. The van der Waals surface area contributed by atoms with E-state index in [2.05, 4.69) is 20.8 Å². The lowest BCUT2D eigenvalue weighted by molar-refractivity contribution is -0.155. The predicted octanol–water partition coefficient (Wildman–Crippen LogP) is 1.77. The van der Waals surface area contributed by atoms with Crippen LogP contribution >= 0.6 is 0 Å².